The fourth-order valence-corrected chi connectivity index (χ4v) is 5.19. The SMILES string of the molecule is CC(=O)Nc1ccc(-c2csc(NC(=O)c3ccccc3SCC3CCCO3)n2)c(F)c1. The lowest BCUT2D eigenvalue weighted by atomic mass is 10.1. The molecule has 1 aliphatic rings. The largest absolute Gasteiger partial charge is 0.377 e. The van der Waals surface area contributed by atoms with Crippen LogP contribution in [0.5, 0.6) is 0 Å². The maximum absolute atomic E-state index is 14.5. The lowest BCUT2D eigenvalue weighted by molar-refractivity contribution is -0.114. The predicted molar refractivity (Wildman–Crippen MR) is 126 cm³/mol. The summed E-state index contributed by atoms with van der Waals surface area (Å²) in [5, 5.41) is 7.43. The number of thiazole rings is 1. The smallest absolute Gasteiger partial charge is 0.258 e. The van der Waals surface area contributed by atoms with Gasteiger partial charge in [-0.15, -0.1) is 23.1 Å². The van der Waals surface area contributed by atoms with Crippen molar-refractivity contribution in [2.24, 2.45) is 0 Å². The van der Waals surface area contributed by atoms with Gasteiger partial charge >= 0.3 is 0 Å². The molecule has 32 heavy (non-hydrogen) atoms. The molecule has 0 aliphatic carbocycles. The Hall–Kier alpha value is -2.75. The number of anilines is 2. The normalized spacial score (nSPS) is 15.5. The van der Waals surface area contributed by atoms with E-state index in [9.17, 15) is 14.0 Å². The molecule has 1 aliphatic heterocycles. The van der Waals surface area contributed by atoms with Crippen molar-refractivity contribution in [3.05, 3.63) is 59.2 Å². The van der Waals surface area contributed by atoms with E-state index in [1.807, 2.05) is 18.2 Å². The van der Waals surface area contributed by atoms with Crippen LogP contribution in [0.2, 0.25) is 0 Å². The Labute approximate surface area is 193 Å². The Morgan fingerprint density at radius 2 is 2.09 bits per heavy atom. The van der Waals surface area contributed by atoms with Crippen molar-refractivity contribution in [1.29, 1.82) is 0 Å². The Morgan fingerprint density at radius 3 is 2.84 bits per heavy atom. The first-order valence-corrected chi connectivity index (χ1v) is 12.0. The van der Waals surface area contributed by atoms with E-state index in [1.54, 1.807) is 35.3 Å². The Bertz CT molecular complexity index is 1130. The van der Waals surface area contributed by atoms with Gasteiger partial charge < -0.3 is 10.1 Å². The molecule has 3 aromatic rings. The Balaban J connectivity index is 1.45. The molecule has 4 rings (SSSR count). The number of carbonyl (C=O) groups is 2. The number of nitrogens with one attached hydrogen (secondary N) is 2. The fraction of sp³-hybridized carbons (Fsp3) is 0.261. The van der Waals surface area contributed by atoms with Crippen molar-refractivity contribution in [3.8, 4) is 11.3 Å². The predicted octanol–water partition coefficient (Wildman–Crippen LogP) is 5.43. The minimum atomic E-state index is -0.504. The van der Waals surface area contributed by atoms with Gasteiger partial charge in [0.2, 0.25) is 5.91 Å². The molecule has 1 fully saturated rings. The minimum absolute atomic E-state index is 0.226. The molecule has 2 amide bonds. The van der Waals surface area contributed by atoms with E-state index >= 15 is 0 Å². The molecule has 1 unspecified atom stereocenters. The monoisotopic (exact) mass is 471 g/mol. The Kier molecular flexibility index (Phi) is 7.19. The number of nitrogens with zero attached hydrogens (tertiary/aromatic N) is 1. The summed E-state index contributed by atoms with van der Waals surface area (Å²) in [6.07, 6.45) is 2.35. The van der Waals surface area contributed by atoms with Crippen LogP contribution in [0.1, 0.15) is 30.1 Å². The summed E-state index contributed by atoms with van der Waals surface area (Å²) >= 11 is 2.83. The van der Waals surface area contributed by atoms with Crippen molar-refractivity contribution in [2.75, 3.05) is 23.0 Å². The molecule has 2 aromatic carbocycles. The highest BCUT2D eigenvalue weighted by atomic mass is 32.2. The molecule has 166 valence electrons. The second-order valence-electron chi connectivity index (χ2n) is 7.31. The van der Waals surface area contributed by atoms with Crippen molar-refractivity contribution in [3.63, 3.8) is 0 Å². The van der Waals surface area contributed by atoms with Gasteiger partial charge in [0.25, 0.3) is 5.91 Å². The maximum atomic E-state index is 14.5. The molecule has 0 saturated carbocycles. The van der Waals surface area contributed by atoms with E-state index in [1.165, 1.54) is 24.3 Å². The molecule has 1 saturated heterocycles. The number of rotatable bonds is 7. The van der Waals surface area contributed by atoms with Gasteiger partial charge in [0, 0.05) is 40.8 Å². The van der Waals surface area contributed by atoms with Crippen molar-refractivity contribution in [2.45, 2.75) is 30.8 Å². The molecule has 0 radical (unpaired) electrons. The molecule has 6 nitrogen and oxygen atoms in total. The number of halogens is 1. The van der Waals surface area contributed by atoms with Gasteiger partial charge in [0.05, 0.1) is 17.4 Å². The van der Waals surface area contributed by atoms with E-state index in [-0.39, 0.29) is 17.9 Å². The number of aromatic nitrogens is 1. The van der Waals surface area contributed by atoms with Gasteiger partial charge in [-0.1, -0.05) is 12.1 Å². The van der Waals surface area contributed by atoms with E-state index in [2.05, 4.69) is 15.6 Å². The fourth-order valence-electron chi connectivity index (χ4n) is 3.36. The molecule has 1 atom stereocenters. The van der Waals surface area contributed by atoms with E-state index in [4.69, 9.17) is 4.74 Å². The summed E-state index contributed by atoms with van der Waals surface area (Å²) in [6.45, 7) is 2.16. The van der Waals surface area contributed by atoms with E-state index in [0.717, 1.165) is 30.1 Å². The zero-order valence-electron chi connectivity index (χ0n) is 17.4. The zero-order chi connectivity index (χ0) is 22.5. The third kappa shape index (κ3) is 5.53. The molecular weight excluding hydrogens is 449 g/mol. The molecule has 2 heterocycles. The number of thioether (sulfide) groups is 1. The lowest BCUT2D eigenvalue weighted by Crippen LogP contribution is -2.14. The van der Waals surface area contributed by atoms with E-state index in [0.29, 0.717) is 27.6 Å². The number of ether oxygens (including phenoxy) is 1. The van der Waals surface area contributed by atoms with Crippen LogP contribution in [0.4, 0.5) is 15.2 Å². The Morgan fingerprint density at radius 1 is 1.25 bits per heavy atom. The highest BCUT2D eigenvalue weighted by molar-refractivity contribution is 7.99. The maximum Gasteiger partial charge on any atom is 0.258 e. The summed E-state index contributed by atoms with van der Waals surface area (Å²) in [5.74, 6) is -0.234. The topological polar surface area (TPSA) is 80.3 Å². The molecular formula is C23H22FN3O3S2. The van der Waals surface area contributed by atoms with Crippen LogP contribution < -0.4 is 10.6 Å². The molecule has 0 bridgehead atoms. The molecule has 9 heteroatoms. The summed E-state index contributed by atoms with van der Waals surface area (Å²) in [5.41, 5.74) is 1.65. The molecule has 2 N–H and O–H groups in total. The summed E-state index contributed by atoms with van der Waals surface area (Å²) in [4.78, 5) is 29.3. The quantitative estimate of drug-likeness (QED) is 0.449. The summed E-state index contributed by atoms with van der Waals surface area (Å²) in [6, 6.07) is 11.8. The highest BCUT2D eigenvalue weighted by Gasteiger charge is 2.19. The summed E-state index contributed by atoms with van der Waals surface area (Å²) < 4.78 is 20.2. The highest BCUT2D eigenvalue weighted by Crippen LogP contribution is 2.30. The second kappa shape index (κ2) is 10.2. The lowest BCUT2D eigenvalue weighted by Gasteiger charge is -2.11. The second-order valence-corrected chi connectivity index (χ2v) is 9.23. The van der Waals surface area contributed by atoms with Gasteiger partial charge in [-0.2, -0.15) is 0 Å². The van der Waals surface area contributed by atoms with Gasteiger partial charge in [0.1, 0.15) is 5.82 Å². The van der Waals surface area contributed by atoms with Crippen LogP contribution in [-0.2, 0) is 9.53 Å². The standard InChI is InChI=1S/C23H22FN3O3S2/c1-14(28)25-15-8-9-17(19(24)11-15)20-13-32-23(26-20)27-22(29)18-6-2-3-7-21(18)31-12-16-5-4-10-30-16/h2-3,6-9,11,13,16H,4-5,10,12H2,1H3,(H,25,28)(H,26,27,29). The van der Waals surface area contributed by atoms with Gasteiger partial charge in [-0.25, -0.2) is 9.37 Å². The van der Waals surface area contributed by atoms with Crippen LogP contribution >= 0.6 is 23.1 Å². The van der Waals surface area contributed by atoms with Crippen LogP contribution in [0.3, 0.4) is 0 Å². The third-order valence-corrected chi connectivity index (χ3v) is 6.83. The van der Waals surface area contributed by atoms with Gasteiger partial charge in [-0.3, -0.25) is 14.9 Å². The van der Waals surface area contributed by atoms with Gasteiger partial charge in [0.15, 0.2) is 5.13 Å². The zero-order valence-corrected chi connectivity index (χ0v) is 19.0. The van der Waals surface area contributed by atoms with Crippen molar-refractivity contribution in [1.82, 2.24) is 4.98 Å². The average molecular weight is 472 g/mol. The van der Waals surface area contributed by atoms with Crippen LogP contribution in [0, 0.1) is 5.82 Å². The average Bonchev–Trinajstić information content (AvgIpc) is 3.44. The van der Waals surface area contributed by atoms with E-state index < -0.39 is 5.82 Å². The number of carbonyl (C=O) groups excluding carboxylic acids is 2. The van der Waals surface area contributed by atoms with Crippen LogP contribution in [0.15, 0.2) is 52.7 Å². The van der Waals surface area contributed by atoms with Crippen molar-refractivity contribution >= 4 is 45.7 Å². The number of benzene rings is 2. The van der Waals surface area contributed by atoms with Gasteiger partial charge in [-0.05, 0) is 43.2 Å². The van der Waals surface area contributed by atoms with Crippen LogP contribution in [-0.4, -0.2) is 35.3 Å². The number of hydrogen-bond donors (Lipinski definition) is 2. The first-order chi connectivity index (χ1) is 15.5. The molecule has 0 spiro atoms. The first-order valence-electron chi connectivity index (χ1n) is 10.2. The van der Waals surface area contributed by atoms with Crippen molar-refractivity contribution < 1.29 is 18.7 Å². The molecule has 1 aromatic heterocycles. The summed E-state index contributed by atoms with van der Waals surface area (Å²) in [7, 11) is 0. The van der Waals surface area contributed by atoms with Crippen LogP contribution in [0.25, 0.3) is 11.3 Å². The third-order valence-electron chi connectivity index (χ3n) is 4.87. The minimum Gasteiger partial charge on any atom is -0.377 e. The first kappa shape index (κ1) is 22.4. The number of amides is 2. The number of hydrogen-bond acceptors (Lipinski definition) is 6.